The van der Waals surface area contributed by atoms with Gasteiger partial charge in [-0.2, -0.15) is 0 Å². The SMILES string of the molecule is CCCNC(CC1CCCC1)C1(N(C)C)CCCCC1. The molecule has 2 aliphatic rings. The van der Waals surface area contributed by atoms with Crippen molar-refractivity contribution in [1.29, 1.82) is 0 Å². The number of hydrogen-bond donors (Lipinski definition) is 1. The van der Waals surface area contributed by atoms with Crippen LogP contribution in [-0.2, 0) is 0 Å². The van der Waals surface area contributed by atoms with Crippen molar-refractivity contribution in [3.63, 3.8) is 0 Å². The highest BCUT2D eigenvalue weighted by Crippen LogP contribution is 2.39. The van der Waals surface area contributed by atoms with Crippen LogP contribution in [0.5, 0.6) is 0 Å². The molecule has 1 atom stereocenters. The summed E-state index contributed by atoms with van der Waals surface area (Å²) < 4.78 is 0. The first-order valence-electron chi connectivity index (χ1n) is 9.10. The Bertz CT molecular complexity index is 263. The first-order valence-corrected chi connectivity index (χ1v) is 9.10. The highest BCUT2D eigenvalue weighted by molar-refractivity contribution is 5.01. The average molecular weight is 280 g/mol. The molecule has 2 rings (SSSR count). The zero-order valence-corrected chi connectivity index (χ0v) is 14.1. The van der Waals surface area contributed by atoms with Crippen LogP contribution in [0, 0.1) is 5.92 Å². The van der Waals surface area contributed by atoms with E-state index in [9.17, 15) is 0 Å². The number of nitrogens with one attached hydrogen (secondary N) is 1. The fraction of sp³-hybridized carbons (Fsp3) is 1.00. The van der Waals surface area contributed by atoms with Gasteiger partial charge in [-0.25, -0.2) is 0 Å². The maximum Gasteiger partial charge on any atom is 0.0356 e. The van der Waals surface area contributed by atoms with Crippen molar-refractivity contribution in [3.05, 3.63) is 0 Å². The van der Waals surface area contributed by atoms with Crippen molar-refractivity contribution in [2.45, 2.75) is 89.1 Å². The minimum Gasteiger partial charge on any atom is -0.312 e. The molecule has 0 amide bonds. The summed E-state index contributed by atoms with van der Waals surface area (Å²) in [6.07, 6.45) is 15.7. The van der Waals surface area contributed by atoms with Gasteiger partial charge in [-0.3, -0.25) is 0 Å². The molecule has 1 unspecified atom stereocenters. The molecule has 0 radical (unpaired) electrons. The summed E-state index contributed by atoms with van der Waals surface area (Å²) in [6.45, 7) is 3.48. The molecule has 2 fully saturated rings. The quantitative estimate of drug-likeness (QED) is 0.752. The predicted octanol–water partition coefficient (Wildman–Crippen LogP) is 4.20. The topological polar surface area (TPSA) is 15.3 Å². The molecule has 0 spiro atoms. The van der Waals surface area contributed by atoms with E-state index in [1.54, 1.807) is 0 Å². The van der Waals surface area contributed by atoms with Gasteiger partial charge in [0.15, 0.2) is 0 Å². The second kappa shape index (κ2) is 7.79. The fourth-order valence-corrected chi connectivity index (χ4v) is 4.66. The lowest BCUT2D eigenvalue weighted by atomic mass is 9.72. The molecular weight excluding hydrogens is 244 g/mol. The highest BCUT2D eigenvalue weighted by Gasteiger charge is 2.42. The zero-order valence-electron chi connectivity index (χ0n) is 14.1. The van der Waals surface area contributed by atoms with Crippen molar-refractivity contribution in [2.24, 2.45) is 5.92 Å². The molecule has 2 saturated carbocycles. The molecule has 20 heavy (non-hydrogen) atoms. The van der Waals surface area contributed by atoms with Gasteiger partial charge < -0.3 is 10.2 Å². The third-order valence-corrected chi connectivity index (χ3v) is 5.94. The summed E-state index contributed by atoms with van der Waals surface area (Å²) in [5.41, 5.74) is 0.427. The molecule has 2 heteroatoms. The molecular formula is C18H36N2. The number of likely N-dealkylation sites (N-methyl/N-ethyl adjacent to an activating group) is 1. The lowest BCUT2D eigenvalue weighted by molar-refractivity contribution is 0.0470. The molecule has 0 aliphatic heterocycles. The van der Waals surface area contributed by atoms with Gasteiger partial charge in [-0.05, 0) is 52.2 Å². The summed E-state index contributed by atoms with van der Waals surface area (Å²) in [5, 5.41) is 3.95. The molecule has 0 aromatic rings. The van der Waals surface area contributed by atoms with Crippen LogP contribution in [0.4, 0.5) is 0 Å². The average Bonchev–Trinajstić information content (AvgIpc) is 2.97. The second-order valence-electron chi connectivity index (χ2n) is 7.45. The van der Waals surface area contributed by atoms with Gasteiger partial charge in [0, 0.05) is 11.6 Å². The second-order valence-corrected chi connectivity index (χ2v) is 7.45. The van der Waals surface area contributed by atoms with Crippen LogP contribution in [-0.4, -0.2) is 37.1 Å². The van der Waals surface area contributed by atoms with E-state index in [2.05, 4.69) is 31.2 Å². The van der Waals surface area contributed by atoms with Gasteiger partial charge in [-0.1, -0.05) is 51.9 Å². The zero-order chi connectivity index (χ0) is 14.4. The molecule has 0 heterocycles. The van der Waals surface area contributed by atoms with Crippen LogP contribution in [0.25, 0.3) is 0 Å². The van der Waals surface area contributed by atoms with E-state index < -0.39 is 0 Å². The van der Waals surface area contributed by atoms with Crippen molar-refractivity contribution < 1.29 is 0 Å². The van der Waals surface area contributed by atoms with E-state index in [0.717, 1.165) is 5.92 Å². The van der Waals surface area contributed by atoms with Crippen LogP contribution < -0.4 is 5.32 Å². The monoisotopic (exact) mass is 280 g/mol. The summed E-state index contributed by atoms with van der Waals surface area (Å²) in [4.78, 5) is 2.56. The maximum absolute atomic E-state index is 3.95. The van der Waals surface area contributed by atoms with Crippen LogP contribution in [0.15, 0.2) is 0 Å². The smallest absolute Gasteiger partial charge is 0.0356 e. The Hall–Kier alpha value is -0.0800. The minimum absolute atomic E-state index is 0.427. The van der Waals surface area contributed by atoms with Gasteiger partial charge in [0.25, 0.3) is 0 Å². The predicted molar refractivity (Wildman–Crippen MR) is 88.2 cm³/mol. The number of hydrogen-bond acceptors (Lipinski definition) is 2. The Labute approximate surface area is 126 Å². The lowest BCUT2D eigenvalue weighted by Crippen LogP contribution is -2.60. The highest BCUT2D eigenvalue weighted by atomic mass is 15.2. The van der Waals surface area contributed by atoms with E-state index in [0.29, 0.717) is 11.6 Å². The van der Waals surface area contributed by atoms with E-state index >= 15 is 0 Å². The van der Waals surface area contributed by atoms with Crippen molar-refractivity contribution in [2.75, 3.05) is 20.6 Å². The van der Waals surface area contributed by atoms with Crippen molar-refractivity contribution in [1.82, 2.24) is 10.2 Å². The Morgan fingerprint density at radius 2 is 1.70 bits per heavy atom. The lowest BCUT2D eigenvalue weighted by Gasteiger charge is -2.49. The molecule has 1 N–H and O–H groups in total. The van der Waals surface area contributed by atoms with Gasteiger partial charge in [-0.15, -0.1) is 0 Å². The van der Waals surface area contributed by atoms with Crippen LogP contribution >= 0.6 is 0 Å². The first kappa shape index (κ1) is 16.3. The van der Waals surface area contributed by atoms with Crippen LogP contribution in [0.3, 0.4) is 0 Å². The van der Waals surface area contributed by atoms with E-state index in [-0.39, 0.29) is 0 Å². The Morgan fingerprint density at radius 1 is 1.05 bits per heavy atom. The molecule has 2 nitrogen and oxygen atoms in total. The Kier molecular flexibility index (Phi) is 6.35. The molecule has 0 bridgehead atoms. The summed E-state index contributed by atoms with van der Waals surface area (Å²) in [6, 6.07) is 0.709. The van der Waals surface area contributed by atoms with Crippen molar-refractivity contribution in [3.8, 4) is 0 Å². The molecule has 118 valence electrons. The molecule has 2 aliphatic carbocycles. The van der Waals surface area contributed by atoms with Crippen molar-refractivity contribution >= 4 is 0 Å². The third-order valence-electron chi connectivity index (χ3n) is 5.94. The Balaban J connectivity index is 2.07. The van der Waals surface area contributed by atoms with Gasteiger partial charge in [0.2, 0.25) is 0 Å². The molecule has 0 aromatic heterocycles. The standard InChI is InChI=1S/C18H36N2/c1-4-14-19-17(15-16-10-6-7-11-16)18(20(2)3)12-8-5-9-13-18/h16-17,19H,4-15H2,1-3H3. The minimum atomic E-state index is 0.427. The van der Waals surface area contributed by atoms with Gasteiger partial charge >= 0.3 is 0 Å². The van der Waals surface area contributed by atoms with E-state index in [1.165, 1.54) is 77.2 Å². The number of rotatable bonds is 7. The maximum atomic E-state index is 3.95. The third kappa shape index (κ3) is 3.76. The summed E-state index contributed by atoms with van der Waals surface area (Å²) >= 11 is 0. The first-order chi connectivity index (χ1) is 9.69. The normalized spacial score (nSPS) is 25.2. The summed E-state index contributed by atoms with van der Waals surface area (Å²) in [5.74, 6) is 0.989. The van der Waals surface area contributed by atoms with E-state index in [4.69, 9.17) is 0 Å². The molecule has 0 aromatic carbocycles. The van der Waals surface area contributed by atoms with Gasteiger partial charge in [0.05, 0.1) is 0 Å². The fourth-order valence-electron chi connectivity index (χ4n) is 4.66. The number of nitrogens with zero attached hydrogens (tertiary/aromatic N) is 1. The van der Waals surface area contributed by atoms with Crippen LogP contribution in [0.2, 0.25) is 0 Å². The summed E-state index contributed by atoms with van der Waals surface area (Å²) in [7, 11) is 4.64. The molecule has 0 saturated heterocycles. The largest absolute Gasteiger partial charge is 0.312 e. The van der Waals surface area contributed by atoms with Gasteiger partial charge in [0.1, 0.15) is 0 Å². The van der Waals surface area contributed by atoms with Crippen LogP contribution in [0.1, 0.15) is 77.6 Å². The van der Waals surface area contributed by atoms with E-state index in [1.807, 2.05) is 0 Å². The Morgan fingerprint density at radius 3 is 2.25 bits per heavy atom.